The van der Waals surface area contributed by atoms with Gasteiger partial charge >= 0.3 is 11.8 Å². The van der Waals surface area contributed by atoms with Crippen LogP contribution < -0.4 is 15.4 Å². The maximum atomic E-state index is 13.1. The molecule has 2 rings (SSSR count). The highest BCUT2D eigenvalue weighted by Crippen LogP contribution is 2.19. The number of aliphatic hydroxyl groups is 1. The minimum absolute atomic E-state index is 0.130. The van der Waals surface area contributed by atoms with Crippen molar-refractivity contribution in [1.29, 1.82) is 0 Å². The predicted molar refractivity (Wildman–Crippen MR) is 100 cm³/mol. The summed E-state index contributed by atoms with van der Waals surface area (Å²) in [5, 5.41) is 15.0. The van der Waals surface area contributed by atoms with Gasteiger partial charge in [0.25, 0.3) is 0 Å². The van der Waals surface area contributed by atoms with Crippen LogP contribution in [0.1, 0.15) is 12.5 Å². The summed E-state index contributed by atoms with van der Waals surface area (Å²) in [6, 6.07) is 10.7. The SMILES string of the molecule is COc1ccc(CC(C)(O)CNC(=O)C(=O)Nc2ccc(F)c(Cl)c2)cc1. The fourth-order valence-electron chi connectivity index (χ4n) is 2.36. The Kier molecular flexibility index (Phi) is 6.76. The third-order valence-corrected chi connectivity index (χ3v) is 4.05. The van der Waals surface area contributed by atoms with E-state index in [1.54, 1.807) is 38.3 Å². The summed E-state index contributed by atoms with van der Waals surface area (Å²) in [7, 11) is 1.56. The predicted octanol–water partition coefficient (Wildman–Crippen LogP) is 2.54. The Morgan fingerprint density at radius 2 is 1.85 bits per heavy atom. The smallest absolute Gasteiger partial charge is 0.313 e. The quantitative estimate of drug-likeness (QED) is 0.657. The van der Waals surface area contributed by atoms with E-state index < -0.39 is 23.2 Å². The van der Waals surface area contributed by atoms with Gasteiger partial charge in [-0.2, -0.15) is 0 Å². The number of rotatable bonds is 6. The highest BCUT2D eigenvalue weighted by Gasteiger charge is 2.24. The first kappa shape index (κ1) is 20.7. The van der Waals surface area contributed by atoms with Gasteiger partial charge in [0.05, 0.1) is 17.7 Å². The molecule has 3 N–H and O–H groups in total. The Labute approximate surface area is 161 Å². The van der Waals surface area contributed by atoms with Crippen LogP contribution in [0.2, 0.25) is 5.02 Å². The van der Waals surface area contributed by atoms with Crippen molar-refractivity contribution in [3.63, 3.8) is 0 Å². The maximum absolute atomic E-state index is 13.1. The van der Waals surface area contributed by atoms with E-state index in [1.165, 1.54) is 12.1 Å². The first-order chi connectivity index (χ1) is 12.7. The first-order valence-electron chi connectivity index (χ1n) is 8.10. The average molecular weight is 395 g/mol. The minimum atomic E-state index is -1.26. The Morgan fingerprint density at radius 1 is 1.19 bits per heavy atom. The molecular weight excluding hydrogens is 375 g/mol. The third kappa shape index (κ3) is 6.23. The van der Waals surface area contributed by atoms with Gasteiger partial charge in [0.2, 0.25) is 0 Å². The number of benzene rings is 2. The summed E-state index contributed by atoms with van der Waals surface area (Å²) >= 11 is 5.63. The van der Waals surface area contributed by atoms with E-state index in [-0.39, 0.29) is 23.7 Å². The van der Waals surface area contributed by atoms with E-state index in [0.717, 1.165) is 11.6 Å². The normalized spacial score (nSPS) is 12.8. The first-order valence-corrected chi connectivity index (χ1v) is 8.47. The van der Waals surface area contributed by atoms with Gasteiger partial charge in [0, 0.05) is 18.7 Å². The molecule has 0 spiro atoms. The van der Waals surface area contributed by atoms with Crippen molar-refractivity contribution in [3.8, 4) is 5.75 Å². The molecule has 0 fully saturated rings. The van der Waals surface area contributed by atoms with Crippen LogP contribution in [0.15, 0.2) is 42.5 Å². The molecule has 0 bridgehead atoms. The van der Waals surface area contributed by atoms with Gasteiger partial charge in [0.1, 0.15) is 11.6 Å². The van der Waals surface area contributed by atoms with Crippen LogP contribution >= 0.6 is 11.6 Å². The number of halogens is 2. The average Bonchev–Trinajstić information content (AvgIpc) is 2.63. The van der Waals surface area contributed by atoms with E-state index in [1.807, 2.05) is 0 Å². The van der Waals surface area contributed by atoms with Crippen LogP contribution in [0, 0.1) is 5.82 Å². The zero-order valence-electron chi connectivity index (χ0n) is 14.9. The summed E-state index contributed by atoms with van der Waals surface area (Å²) in [4.78, 5) is 23.8. The molecular formula is C19H20ClFN2O4. The summed E-state index contributed by atoms with van der Waals surface area (Å²) in [6.45, 7) is 1.42. The van der Waals surface area contributed by atoms with E-state index in [9.17, 15) is 19.1 Å². The second kappa shape index (κ2) is 8.83. The number of nitrogens with one attached hydrogen (secondary N) is 2. The zero-order valence-corrected chi connectivity index (χ0v) is 15.6. The van der Waals surface area contributed by atoms with Gasteiger partial charge in [-0.1, -0.05) is 23.7 Å². The van der Waals surface area contributed by atoms with Gasteiger partial charge < -0.3 is 20.5 Å². The van der Waals surface area contributed by atoms with E-state index in [0.29, 0.717) is 5.75 Å². The molecule has 0 aromatic heterocycles. The molecule has 8 heteroatoms. The molecule has 1 atom stereocenters. The van der Waals surface area contributed by atoms with E-state index in [2.05, 4.69) is 10.6 Å². The molecule has 0 saturated heterocycles. The fourth-order valence-corrected chi connectivity index (χ4v) is 2.54. The third-order valence-electron chi connectivity index (χ3n) is 3.76. The summed E-state index contributed by atoms with van der Waals surface area (Å²) in [5.74, 6) is -1.80. The summed E-state index contributed by atoms with van der Waals surface area (Å²) in [6.07, 6.45) is 0.270. The molecule has 2 aromatic carbocycles. The van der Waals surface area contributed by atoms with Crippen LogP contribution in [0.5, 0.6) is 5.75 Å². The molecule has 1 unspecified atom stereocenters. The van der Waals surface area contributed by atoms with Crippen molar-refractivity contribution in [1.82, 2.24) is 5.32 Å². The van der Waals surface area contributed by atoms with Crippen molar-refractivity contribution >= 4 is 29.1 Å². The molecule has 144 valence electrons. The summed E-state index contributed by atoms with van der Waals surface area (Å²) < 4.78 is 18.2. The van der Waals surface area contributed by atoms with Crippen molar-refractivity contribution in [2.24, 2.45) is 0 Å². The molecule has 0 aliphatic heterocycles. The topological polar surface area (TPSA) is 87.7 Å². The largest absolute Gasteiger partial charge is 0.497 e. The van der Waals surface area contributed by atoms with E-state index >= 15 is 0 Å². The molecule has 0 saturated carbocycles. The maximum Gasteiger partial charge on any atom is 0.313 e. The summed E-state index contributed by atoms with van der Waals surface area (Å²) in [5.41, 5.74) is -0.226. The van der Waals surface area contributed by atoms with Crippen molar-refractivity contribution in [3.05, 3.63) is 58.9 Å². The molecule has 2 amide bonds. The fraction of sp³-hybridized carbons (Fsp3) is 0.263. The molecule has 0 radical (unpaired) electrons. The lowest BCUT2D eigenvalue weighted by atomic mass is 9.96. The van der Waals surface area contributed by atoms with Gasteiger partial charge in [-0.15, -0.1) is 0 Å². The van der Waals surface area contributed by atoms with Gasteiger partial charge in [-0.25, -0.2) is 4.39 Å². The van der Waals surface area contributed by atoms with Crippen molar-refractivity contribution < 1.29 is 23.8 Å². The van der Waals surface area contributed by atoms with Gasteiger partial charge in [-0.3, -0.25) is 9.59 Å². The second-order valence-corrected chi connectivity index (χ2v) is 6.69. The second-order valence-electron chi connectivity index (χ2n) is 6.29. The lowest BCUT2D eigenvalue weighted by Gasteiger charge is -2.23. The number of carbonyl (C=O) groups is 2. The Hall–Kier alpha value is -2.64. The van der Waals surface area contributed by atoms with Crippen LogP contribution in [0.4, 0.5) is 10.1 Å². The number of methoxy groups -OCH3 is 1. The zero-order chi connectivity index (χ0) is 20.0. The van der Waals surface area contributed by atoms with Crippen LogP contribution in [0.3, 0.4) is 0 Å². The van der Waals surface area contributed by atoms with E-state index in [4.69, 9.17) is 16.3 Å². The van der Waals surface area contributed by atoms with Crippen molar-refractivity contribution in [2.45, 2.75) is 18.9 Å². The highest BCUT2D eigenvalue weighted by atomic mass is 35.5. The standard InChI is InChI=1S/C19H20ClFN2O4/c1-19(26,10-12-3-6-14(27-2)7-4-12)11-22-17(24)18(25)23-13-5-8-16(21)15(20)9-13/h3-9,26H,10-11H2,1-2H3,(H,22,24)(H,23,25). The number of hydrogen-bond donors (Lipinski definition) is 3. The molecule has 0 heterocycles. The molecule has 6 nitrogen and oxygen atoms in total. The number of hydrogen-bond acceptors (Lipinski definition) is 4. The molecule has 0 aliphatic carbocycles. The Morgan fingerprint density at radius 3 is 2.44 bits per heavy atom. The number of amides is 2. The number of carbonyl (C=O) groups excluding carboxylic acids is 2. The lowest BCUT2D eigenvalue weighted by Crippen LogP contribution is -2.45. The van der Waals surface area contributed by atoms with Crippen LogP contribution in [0.25, 0.3) is 0 Å². The van der Waals surface area contributed by atoms with Crippen LogP contribution in [-0.4, -0.2) is 36.2 Å². The monoisotopic (exact) mass is 394 g/mol. The van der Waals surface area contributed by atoms with Gasteiger partial charge in [-0.05, 0) is 42.8 Å². The minimum Gasteiger partial charge on any atom is -0.497 e. The Balaban J connectivity index is 1.88. The number of anilines is 1. The lowest BCUT2D eigenvalue weighted by molar-refractivity contribution is -0.136. The van der Waals surface area contributed by atoms with Crippen molar-refractivity contribution in [2.75, 3.05) is 19.0 Å². The Bertz CT molecular complexity index is 825. The van der Waals surface area contributed by atoms with Gasteiger partial charge in [0.15, 0.2) is 0 Å². The van der Waals surface area contributed by atoms with Crippen LogP contribution in [-0.2, 0) is 16.0 Å². The molecule has 2 aromatic rings. The number of ether oxygens (including phenoxy) is 1. The highest BCUT2D eigenvalue weighted by molar-refractivity contribution is 6.39. The molecule has 27 heavy (non-hydrogen) atoms. The molecule has 0 aliphatic rings.